The molecule has 0 saturated carbocycles. The van der Waals surface area contributed by atoms with Crippen molar-refractivity contribution in [3.05, 3.63) is 45.9 Å². The first-order chi connectivity index (χ1) is 16.6. The maximum Gasteiger partial charge on any atom is 0.416 e. The zero-order chi connectivity index (χ0) is 26.8. The van der Waals surface area contributed by atoms with Gasteiger partial charge in [0.25, 0.3) is 0 Å². The van der Waals surface area contributed by atoms with Gasteiger partial charge in [-0.25, -0.2) is 0 Å². The molecule has 2 amide bonds. The van der Waals surface area contributed by atoms with Crippen molar-refractivity contribution in [2.75, 3.05) is 27.2 Å². The number of amidine groups is 1. The molecule has 1 fully saturated rings. The Hall–Kier alpha value is -2.38. The molecular weight excluding hydrogens is 510 g/mol. The Morgan fingerprint density at radius 3 is 2.39 bits per heavy atom. The number of alkyl halides is 6. The van der Waals surface area contributed by atoms with E-state index in [1.54, 1.807) is 30.8 Å². The number of piperidine rings is 1. The monoisotopic (exact) mass is 536 g/mol. The van der Waals surface area contributed by atoms with Crippen LogP contribution in [-0.2, 0) is 23.7 Å². The van der Waals surface area contributed by atoms with E-state index >= 15 is 0 Å². The van der Waals surface area contributed by atoms with Gasteiger partial charge in [-0.05, 0) is 82.3 Å². The standard InChI is InChI=1S/C23H26F6N4O2S/c1-13(32(2)3)20(34)30-19-18(36-21(35)31-19)10-14-6-8-33(9-7-14)12-15-4-5-16(22(24,25)26)11-17(15)23(27,28)29/h4-5,10-11,13-14H,6-9,12H2,1-3H3,(H,30,31,34,35)/b18-10-/t13-/m0/s1. The number of halogens is 6. The van der Waals surface area contributed by atoms with E-state index in [9.17, 15) is 35.9 Å². The van der Waals surface area contributed by atoms with Crippen molar-refractivity contribution < 1.29 is 35.9 Å². The number of hydrogen-bond acceptors (Lipinski definition) is 5. The van der Waals surface area contributed by atoms with E-state index in [0.717, 1.165) is 17.8 Å². The molecule has 3 rings (SSSR count). The highest BCUT2D eigenvalue weighted by atomic mass is 32.2. The Morgan fingerprint density at radius 1 is 1.19 bits per heavy atom. The number of aliphatic imine (C=N–C) groups is 1. The first kappa shape index (κ1) is 28.2. The van der Waals surface area contributed by atoms with E-state index in [2.05, 4.69) is 10.3 Å². The predicted octanol–water partition coefficient (Wildman–Crippen LogP) is 5.15. The number of nitrogens with zero attached hydrogens (tertiary/aromatic N) is 3. The van der Waals surface area contributed by atoms with Crippen LogP contribution in [0.25, 0.3) is 0 Å². The number of likely N-dealkylation sites (N-methyl/N-ethyl adjacent to an activating group) is 1. The average molecular weight is 537 g/mol. The molecule has 0 unspecified atom stereocenters. The van der Waals surface area contributed by atoms with Gasteiger partial charge in [0.05, 0.1) is 22.1 Å². The van der Waals surface area contributed by atoms with Crippen LogP contribution < -0.4 is 5.32 Å². The fourth-order valence-electron chi connectivity index (χ4n) is 3.86. The van der Waals surface area contributed by atoms with Gasteiger partial charge in [-0.2, -0.15) is 31.3 Å². The Bertz CT molecular complexity index is 1060. The molecule has 2 heterocycles. The molecule has 0 radical (unpaired) electrons. The number of rotatable bonds is 5. The molecule has 0 spiro atoms. The predicted molar refractivity (Wildman–Crippen MR) is 124 cm³/mol. The van der Waals surface area contributed by atoms with E-state index in [1.165, 1.54) is 0 Å². The lowest BCUT2D eigenvalue weighted by molar-refractivity contribution is -0.143. The van der Waals surface area contributed by atoms with Crippen LogP contribution >= 0.6 is 11.8 Å². The molecule has 1 saturated heterocycles. The Labute approximate surface area is 208 Å². The second-order valence-electron chi connectivity index (χ2n) is 8.97. The fraction of sp³-hybridized carbons (Fsp3) is 0.522. The number of benzene rings is 1. The van der Waals surface area contributed by atoms with E-state index in [0.29, 0.717) is 36.9 Å². The molecule has 13 heteroatoms. The van der Waals surface area contributed by atoms with Crippen molar-refractivity contribution in [2.45, 2.75) is 44.7 Å². The zero-order valence-electron chi connectivity index (χ0n) is 19.8. The summed E-state index contributed by atoms with van der Waals surface area (Å²) >= 11 is 0.900. The summed E-state index contributed by atoms with van der Waals surface area (Å²) in [5.41, 5.74) is -2.83. The number of hydrogen-bond donors (Lipinski definition) is 1. The normalized spacial score (nSPS) is 20.2. The number of thioether (sulfide) groups is 1. The summed E-state index contributed by atoms with van der Waals surface area (Å²) in [5.74, 6) is -0.129. The van der Waals surface area contributed by atoms with Gasteiger partial charge in [-0.3, -0.25) is 19.4 Å². The van der Waals surface area contributed by atoms with Gasteiger partial charge in [0.2, 0.25) is 5.91 Å². The topological polar surface area (TPSA) is 65.0 Å². The van der Waals surface area contributed by atoms with Crippen molar-refractivity contribution >= 4 is 28.7 Å². The van der Waals surface area contributed by atoms with Crippen molar-refractivity contribution in [1.29, 1.82) is 0 Å². The van der Waals surface area contributed by atoms with E-state index in [4.69, 9.17) is 0 Å². The molecular formula is C23H26F6N4O2S. The molecule has 0 aliphatic carbocycles. The maximum absolute atomic E-state index is 13.4. The Kier molecular flexibility index (Phi) is 8.56. The lowest BCUT2D eigenvalue weighted by Crippen LogP contribution is -2.44. The summed E-state index contributed by atoms with van der Waals surface area (Å²) in [6.07, 6.45) is -6.80. The summed E-state index contributed by atoms with van der Waals surface area (Å²) in [5, 5.41) is 2.22. The van der Waals surface area contributed by atoms with Crippen molar-refractivity contribution in [3.63, 3.8) is 0 Å². The lowest BCUT2D eigenvalue weighted by Gasteiger charge is -2.31. The van der Waals surface area contributed by atoms with Gasteiger partial charge in [-0.1, -0.05) is 12.1 Å². The smallest absolute Gasteiger partial charge is 0.308 e. The van der Waals surface area contributed by atoms with Crippen LogP contribution in [0.3, 0.4) is 0 Å². The number of carbonyl (C=O) groups is 2. The van der Waals surface area contributed by atoms with Crippen molar-refractivity contribution in [2.24, 2.45) is 10.9 Å². The SMILES string of the molecule is C[C@@H](C(=O)NC1=NC(=O)S/C1=C\C1CCN(Cc2ccc(C(F)(F)F)cc2C(F)(F)F)CC1)N(C)C. The molecule has 0 aromatic heterocycles. The minimum absolute atomic E-state index is 0.00211. The Balaban J connectivity index is 1.65. The molecule has 6 nitrogen and oxygen atoms in total. The van der Waals surface area contributed by atoms with Gasteiger partial charge < -0.3 is 5.32 Å². The van der Waals surface area contributed by atoms with Crippen LogP contribution in [-0.4, -0.2) is 60.0 Å². The van der Waals surface area contributed by atoms with Crippen LogP contribution in [0.1, 0.15) is 36.5 Å². The molecule has 2 aliphatic heterocycles. The minimum atomic E-state index is -4.91. The zero-order valence-corrected chi connectivity index (χ0v) is 20.7. The first-order valence-electron chi connectivity index (χ1n) is 11.1. The number of amides is 2. The van der Waals surface area contributed by atoms with Crippen LogP contribution in [0.2, 0.25) is 0 Å². The molecule has 0 bridgehead atoms. The molecule has 36 heavy (non-hydrogen) atoms. The highest BCUT2D eigenvalue weighted by Gasteiger charge is 2.38. The lowest BCUT2D eigenvalue weighted by atomic mass is 9.95. The largest absolute Gasteiger partial charge is 0.416 e. The third-order valence-electron chi connectivity index (χ3n) is 6.19. The van der Waals surface area contributed by atoms with Crippen LogP contribution in [0.4, 0.5) is 31.1 Å². The summed E-state index contributed by atoms with van der Waals surface area (Å²) < 4.78 is 79.1. The molecule has 1 N–H and O–H groups in total. The summed E-state index contributed by atoms with van der Waals surface area (Å²) in [4.78, 5) is 32.1. The van der Waals surface area contributed by atoms with Gasteiger partial charge in [0.1, 0.15) is 0 Å². The molecule has 198 valence electrons. The Morgan fingerprint density at radius 2 is 1.83 bits per heavy atom. The van der Waals surface area contributed by atoms with Crippen molar-refractivity contribution in [3.8, 4) is 0 Å². The van der Waals surface area contributed by atoms with Crippen LogP contribution in [0.5, 0.6) is 0 Å². The van der Waals surface area contributed by atoms with Crippen LogP contribution in [0.15, 0.2) is 34.2 Å². The van der Waals surface area contributed by atoms with E-state index in [-0.39, 0.29) is 35.8 Å². The highest BCUT2D eigenvalue weighted by Crippen LogP contribution is 2.38. The van der Waals surface area contributed by atoms with Crippen molar-refractivity contribution in [1.82, 2.24) is 15.1 Å². The van der Waals surface area contributed by atoms with E-state index < -0.39 is 34.8 Å². The second kappa shape index (κ2) is 10.9. The van der Waals surface area contributed by atoms with Gasteiger partial charge >= 0.3 is 17.6 Å². The third-order valence-corrected chi connectivity index (χ3v) is 7.00. The van der Waals surface area contributed by atoms with Gasteiger partial charge in [0, 0.05) is 6.54 Å². The molecule has 2 aliphatic rings. The number of carbonyl (C=O) groups excluding carboxylic acids is 2. The second-order valence-corrected chi connectivity index (χ2v) is 9.96. The molecule has 1 aromatic rings. The van der Waals surface area contributed by atoms with Gasteiger partial charge in [-0.15, -0.1) is 0 Å². The van der Waals surface area contributed by atoms with Crippen LogP contribution in [0, 0.1) is 5.92 Å². The quantitative estimate of drug-likeness (QED) is 0.528. The summed E-state index contributed by atoms with van der Waals surface area (Å²) in [6.45, 7) is 2.41. The minimum Gasteiger partial charge on any atom is -0.308 e. The van der Waals surface area contributed by atoms with Gasteiger partial charge in [0.15, 0.2) is 5.84 Å². The summed E-state index contributed by atoms with van der Waals surface area (Å²) in [6, 6.07) is 1.28. The number of allylic oxidation sites excluding steroid dienone is 1. The fourth-order valence-corrected chi connectivity index (χ4v) is 4.64. The third kappa shape index (κ3) is 7.10. The maximum atomic E-state index is 13.4. The molecule has 1 aromatic carbocycles. The van der Waals surface area contributed by atoms with E-state index in [1.807, 2.05) is 6.08 Å². The number of nitrogens with one attached hydrogen (secondary N) is 1. The number of likely N-dealkylation sites (tertiary alicyclic amines) is 1. The highest BCUT2D eigenvalue weighted by molar-refractivity contribution is 8.18. The first-order valence-corrected chi connectivity index (χ1v) is 12.0. The average Bonchev–Trinajstić information content (AvgIpc) is 3.11. The molecule has 1 atom stereocenters. The summed E-state index contributed by atoms with van der Waals surface area (Å²) in [7, 11) is 3.49.